The summed E-state index contributed by atoms with van der Waals surface area (Å²) in [6.07, 6.45) is 7.89. The number of hydrogen-bond donors (Lipinski definition) is 1. The Morgan fingerprint density at radius 2 is 1.86 bits per heavy atom. The van der Waals surface area contributed by atoms with Crippen molar-refractivity contribution in [3.63, 3.8) is 0 Å². The summed E-state index contributed by atoms with van der Waals surface area (Å²) in [4.78, 5) is 0. The van der Waals surface area contributed by atoms with Gasteiger partial charge in [0, 0.05) is 12.3 Å². The van der Waals surface area contributed by atoms with E-state index >= 15 is 0 Å². The molecule has 0 heterocycles. The molecule has 2 unspecified atom stereocenters. The first kappa shape index (κ1) is 12.0. The van der Waals surface area contributed by atoms with Crippen LogP contribution >= 0.6 is 0 Å². The molecule has 14 heavy (non-hydrogen) atoms. The Labute approximate surface area is 87.0 Å². The van der Waals surface area contributed by atoms with Gasteiger partial charge in [-0.25, -0.2) is 8.42 Å². The lowest BCUT2D eigenvalue weighted by Gasteiger charge is -2.20. The van der Waals surface area contributed by atoms with Gasteiger partial charge in [0.1, 0.15) is 9.84 Å². The summed E-state index contributed by atoms with van der Waals surface area (Å²) in [6, 6.07) is 0.222. The van der Waals surface area contributed by atoms with Crippen molar-refractivity contribution in [3.8, 4) is 0 Å². The second-order valence-corrected chi connectivity index (χ2v) is 6.74. The highest BCUT2D eigenvalue weighted by atomic mass is 32.2. The molecular weight excluding hydrogens is 198 g/mol. The molecule has 2 atom stereocenters. The summed E-state index contributed by atoms with van der Waals surface area (Å²) in [6.45, 7) is 0. The van der Waals surface area contributed by atoms with Gasteiger partial charge in [-0.1, -0.05) is 19.3 Å². The van der Waals surface area contributed by atoms with Crippen molar-refractivity contribution in [1.82, 2.24) is 0 Å². The molecular formula is C10H21NO2S. The van der Waals surface area contributed by atoms with Crippen LogP contribution in [0.2, 0.25) is 0 Å². The summed E-state index contributed by atoms with van der Waals surface area (Å²) >= 11 is 0. The van der Waals surface area contributed by atoms with Crippen molar-refractivity contribution in [1.29, 1.82) is 0 Å². The predicted octanol–water partition coefficient (Wildman–Crippen LogP) is 1.33. The molecule has 1 fully saturated rings. The van der Waals surface area contributed by atoms with Crippen LogP contribution in [0.4, 0.5) is 0 Å². The van der Waals surface area contributed by atoms with Crippen molar-refractivity contribution < 1.29 is 8.42 Å². The smallest absolute Gasteiger partial charge is 0.147 e. The molecule has 0 amide bonds. The standard InChI is InChI=1S/C10H21NO2S/c1-14(12,13)8-7-9-5-3-2-4-6-10(9)11/h9-10H,2-8,11H2,1H3. The van der Waals surface area contributed by atoms with Crippen LogP contribution in [-0.2, 0) is 9.84 Å². The minimum absolute atomic E-state index is 0.222. The van der Waals surface area contributed by atoms with Gasteiger partial charge in [0.05, 0.1) is 5.75 Å². The van der Waals surface area contributed by atoms with Crippen molar-refractivity contribution in [3.05, 3.63) is 0 Å². The molecule has 1 aliphatic rings. The molecule has 0 spiro atoms. The fourth-order valence-electron chi connectivity index (χ4n) is 2.14. The van der Waals surface area contributed by atoms with Crippen molar-refractivity contribution in [2.75, 3.05) is 12.0 Å². The number of rotatable bonds is 3. The summed E-state index contributed by atoms with van der Waals surface area (Å²) in [5, 5.41) is 0. The second-order valence-electron chi connectivity index (χ2n) is 4.48. The lowest BCUT2D eigenvalue weighted by atomic mass is 9.93. The molecule has 3 nitrogen and oxygen atoms in total. The number of sulfone groups is 1. The minimum Gasteiger partial charge on any atom is -0.327 e. The van der Waals surface area contributed by atoms with E-state index < -0.39 is 9.84 Å². The van der Waals surface area contributed by atoms with Crippen molar-refractivity contribution in [2.45, 2.75) is 44.6 Å². The topological polar surface area (TPSA) is 60.2 Å². The second kappa shape index (κ2) is 5.12. The van der Waals surface area contributed by atoms with Gasteiger partial charge < -0.3 is 5.73 Å². The number of nitrogens with two attached hydrogens (primary N) is 1. The Morgan fingerprint density at radius 3 is 2.50 bits per heavy atom. The van der Waals surface area contributed by atoms with Gasteiger partial charge in [0.2, 0.25) is 0 Å². The van der Waals surface area contributed by atoms with Crippen LogP contribution in [0.15, 0.2) is 0 Å². The Balaban J connectivity index is 2.41. The third-order valence-electron chi connectivity index (χ3n) is 3.08. The molecule has 84 valence electrons. The zero-order valence-electron chi connectivity index (χ0n) is 8.91. The number of hydrogen-bond acceptors (Lipinski definition) is 3. The fraction of sp³-hybridized carbons (Fsp3) is 1.00. The minimum atomic E-state index is -2.81. The maximum atomic E-state index is 11.0. The van der Waals surface area contributed by atoms with Gasteiger partial charge in [0.25, 0.3) is 0 Å². The highest BCUT2D eigenvalue weighted by Gasteiger charge is 2.21. The van der Waals surface area contributed by atoms with E-state index in [4.69, 9.17) is 5.73 Å². The van der Waals surface area contributed by atoms with Crippen molar-refractivity contribution in [2.24, 2.45) is 11.7 Å². The van der Waals surface area contributed by atoms with E-state index in [-0.39, 0.29) is 6.04 Å². The highest BCUT2D eigenvalue weighted by molar-refractivity contribution is 7.90. The molecule has 0 aromatic rings. The molecule has 1 rings (SSSR count). The fourth-order valence-corrected chi connectivity index (χ4v) is 2.87. The highest BCUT2D eigenvalue weighted by Crippen LogP contribution is 2.24. The van der Waals surface area contributed by atoms with E-state index in [1.807, 2.05) is 0 Å². The van der Waals surface area contributed by atoms with Crippen LogP contribution in [0.1, 0.15) is 38.5 Å². The van der Waals surface area contributed by atoms with Gasteiger partial charge in [-0.15, -0.1) is 0 Å². The maximum Gasteiger partial charge on any atom is 0.147 e. The molecule has 1 saturated carbocycles. The van der Waals surface area contributed by atoms with E-state index in [1.54, 1.807) is 0 Å². The summed E-state index contributed by atoms with van der Waals surface area (Å²) in [7, 11) is -2.81. The third-order valence-corrected chi connectivity index (χ3v) is 4.05. The van der Waals surface area contributed by atoms with Crippen LogP contribution < -0.4 is 5.73 Å². The van der Waals surface area contributed by atoms with Crippen LogP contribution in [0.5, 0.6) is 0 Å². The van der Waals surface area contributed by atoms with E-state index in [0.29, 0.717) is 11.7 Å². The zero-order valence-corrected chi connectivity index (χ0v) is 9.72. The Bertz CT molecular complexity index is 261. The van der Waals surface area contributed by atoms with Crippen molar-refractivity contribution >= 4 is 9.84 Å². The van der Waals surface area contributed by atoms with E-state index in [2.05, 4.69) is 0 Å². The maximum absolute atomic E-state index is 11.0. The summed E-state index contributed by atoms with van der Waals surface area (Å²) < 4.78 is 22.1. The lowest BCUT2D eigenvalue weighted by Crippen LogP contribution is -2.30. The largest absolute Gasteiger partial charge is 0.327 e. The molecule has 0 bridgehead atoms. The normalized spacial score (nSPS) is 29.9. The van der Waals surface area contributed by atoms with E-state index in [1.165, 1.54) is 25.5 Å². The molecule has 0 aromatic carbocycles. The molecule has 0 saturated heterocycles. The first-order chi connectivity index (χ1) is 6.49. The van der Waals surface area contributed by atoms with Gasteiger partial charge in [-0.2, -0.15) is 0 Å². The molecule has 1 aliphatic carbocycles. The first-order valence-electron chi connectivity index (χ1n) is 5.42. The molecule has 0 aromatic heterocycles. The van der Waals surface area contributed by atoms with Crippen LogP contribution in [0.25, 0.3) is 0 Å². The van der Waals surface area contributed by atoms with Gasteiger partial charge in [-0.3, -0.25) is 0 Å². The van der Waals surface area contributed by atoms with Crippen LogP contribution in [0.3, 0.4) is 0 Å². The van der Waals surface area contributed by atoms with Gasteiger partial charge in [-0.05, 0) is 25.2 Å². The summed E-state index contributed by atoms with van der Waals surface area (Å²) in [5.74, 6) is 0.720. The third kappa shape index (κ3) is 4.42. The van der Waals surface area contributed by atoms with Gasteiger partial charge >= 0.3 is 0 Å². The Morgan fingerprint density at radius 1 is 1.21 bits per heavy atom. The van der Waals surface area contributed by atoms with E-state index in [0.717, 1.165) is 19.3 Å². The van der Waals surface area contributed by atoms with Gasteiger partial charge in [0.15, 0.2) is 0 Å². The zero-order chi connectivity index (χ0) is 10.6. The van der Waals surface area contributed by atoms with E-state index in [9.17, 15) is 8.42 Å². The first-order valence-corrected chi connectivity index (χ1v) is 7.48. The quantitative estimate of drug-likeness (QED) is 0.728. The summed E-state index contributed by atoms with van der Waals surface area (Å²) in [5.41, 5.74) is 6.01. The molecule has 2 N–H and O–H groups in total. The monoisotopic (exact) mass is 219 g/mol. The lowest BCUT2D eigenvalue weighted by molar-refractivity contribution is 0.386. The average molecular weight is 219 g/mol. The molecule has 4 heteroatoms. The average Bonchev–Trinajstić information content (AvgIpc) is 2.25. The Hall–Kier alpha value is -0.0900. The Kier molecular flexibility index (Phi) is 4.38. The predicted molar refractivity (Wildman–Crippen MR) is 58.9 cm³/mol. The SMILES string of the molecule is CS(=O)(=O)CCC1CCCCCC1N. The molecule has 0 radical (unpaired) electrons. The van der Waals surface area contributed by atoms with Crippen LogP contribution in [-0.4, -0.2) is 26.5 Å². The van der Waals surface area contributed by atoms with Crippen LogP contribution in [0, 0.1) is 5.92 Å². The molecule has 0 aliphatic heterocycles.